The summed E-state index contributed by atoms with van der Waals surface area (Å²) < 4.78 is 19.1. The molecule has 7 nitrogen and oxygen atoms in total. The van der Waals surface area contributed by atoms with E-state index in [0.717, 1.165) is 113 Å². The molecule has 0 spiro atoms. The van der Waals surface area contributed by atoms with Gasteiger partial charge in [0, 0.05) is 69.8 Å². The van der Waals surface area contributed by atoms with Crippen molar-refractivity contribution in [2.24, 2.45) is 0 Å². The first-order chi connectivity index (χ1) is 19.5. The maximum absolute atomic E-state index is 13.5. The summed E-state index contributed by atoms with van der Waals surface area (Å²) in [4.78, 5) is 25.0. The van der Waals surface area contributed by atoms with E-state index in [9.17, 15) is 9.18 Å². The Morgan fingerprint density at radius 1 is 0.975 bits per heavy atom. The Balaban J connectivity index is 0.990. The second kappa shape index (κ2) is 13.5. The van der Waals surface area contributed by atoms with E-state index >= 15 is 0 Å². The molecule has 1 N–H and O–H groups in total. The van der Waals surface area contributed by atoms with E-state index in [-0.39, 0.29) is 11.7 Å². The van der Waals surface area contributed by atoms with Crippen LogP contribution in [0.15, 0.2) is 48.7 Å². The molecule has 3 heterocycles. The number of methoxy groups -OCH3 is 1. The maximum atomic E-state index is 13.5. The van der Waals surface area contributed by atoms with Crippen LogP contribution in [0, 0.1) is 5.82 Å². The fraction of sp³-hybridized carbons (Fsp3) is 0.531. The third-order valence-corrected chi connectivity index (χ3v) is 8.79. The molecule has 2 aromatic carbocycles. The highest BCUT2D eigenvalue weighted by molar-refractivity contribution is 5.83. The lowest BCUT2D eigenvalue weighted by molar-refractivity contribution is -0.129. The number of likely N-dealkylation sites (tertiary alicyclic amines) is 1. The molecule has 40 heavy (non-hydrogen) atoms. The zero-order valence-corrected chi connectivity index (χ0v) is 24.1. The van der Waals surface area contributed by atoms with Crippen molar-refractivity contribution in [3.8, 4) is 5.75 Å². The van der Waals surface area contributed by atoms with Gasteiger partial charge >= 0.3 is 0 Å². The van der Waals surface area contributed by atoms with Gasteiger partial charge in [0.25, 0.3) is 0 Å². The molecule has 2 aliphatic heterocycles. The van der Waals surface area contributed by atoms with Gasteiger partial charge < -0.3 is 24.4 Å². The number of hydrogen-bond acceptors (Lipinski definition) is 5. The Labute approximate surface area is 237 Å². The Hall–Kier alpha value is -3.10. The molecule has 0 unspecified atom stereocenters. The van der Waals surface area contributed by atoms with Crippen molar-refractivity contribution in [2.45, 2.75) is 38.5 Å². The number of nitrogens with zero attached hydrogens (tertiary/aromatic N) is 4. The van der Waals surface area contributed by atoms with E-state index in [2.05, 4.69) is 38.0 Å². The number of hydrogen-bond donors (Lipinski definition) is 1. The number of unbranched alkanes of at least 4 members (excludes halogenated alkanes) is 1. The molecule has 0 aliphatic carbocycles. The summed E-state index contributed by atoms with van der Waals surface area (Å²) in [5.41, 5.74) is 3.38. The average molecular weight is 550 g/mol. The van der Waals surface area contributed by atoms with Crippen molar-refractivity contribution in [2.75, 3.05) is 77.5 Å². The lowest BCUT2D eigenvalue weighted by Crippen LogP contribution is -2.49. The summed E-state index contributed by atoms with van der Waals surface area (Å²) in [6, 6.07) is 13.3. The van der Waals surface area contributed by atoms with Gasteiger partial charge in [-0.1, -0.05) is 12.1 Å². The van der Waals surface area contributed by atoms with Crippen molar-refractivity contribution >= 4 is 22.5 Å². The van der Waals surface area contributed by atoms with E-state index in [0.29, 0.717) is 5.92 Å². The quantitative estimate of drug-likeness (QED) is 0.343. The molecule has 1 amide bonds. The standard InChI is InChI=1S/C32H44FN5O2/c1-25(39)37(20-17-36-18-21-38(22-19-36)31-7-3-4-8-32(31)40-2)14-6-5-13-35-15-11-26(12-16-35)29-24-34-30-23-27(33)9-10-28(29)30/h3-4,7-10,23-24,26,34H,5-6,11-22H2,1-2H3. The number of ether oxygens (including phenoxy) is 1. The van der Waals surface area contributed by atoms with Crippen LogP contribution in [0.2, 0.25) is 0 Å². The van der Waals surface area contributed by atoms with Crippen molar-refractivity contribution in [1.82, 2.24) is 19.7 Å². The Morgan fingerprint density at radius 3 is 2.48 bits per heavy atom. The highest BCUT2D eigenvalue weighted by atomic mass is 19.1. The predicted octanol–water partition coefficient (Wildman–Crippen LogP) is 4.95. The number of aromatic nitrogens is 1. The first-order valence-electron chi connectivity index (χ1n) is 14.9. The second-order valence-electron chi connectivity index (χ2n) is 11.3. The number of halogens is 1. The molecule has 5 rings (SSSR count). The summed E-state index contributed by atoms with van der Waals surface area (Å²) in [6.45, 7) is 11.4. The normalized spacial score (nSPS) is 17.4. The minimum atomic E-state index is -0.192. The lowest BCUT2D eigenvalue weighted by atomic mass is 9.89. The largest absolute Gasteiger partial charge is 0.495 e. The zero-order valence-electron chi connectivity index (χ0n) is 24.1. The minimum Gasteiger partial charge on any atom is -0.495 e. The summed E-state index contributed by atoms with van der Waals surface area (Å²) >= 11 is 0. The van der Waals surface area contributed by atoms with Gasteiger partial charge in [-0.05, 0) is 87.1 Å². The molecule has 0 bridgehead atoms. The number of amides is 1. The van der Waals surface area contributed by atoms with Crippen LogP contribution in [0.5, 0.6) is 5.75 Å². The molecule has 0 radical (unpaired) electrons. The van der Waals surface area contributed by atoms with Gasteiger partial charge in [-0.3, -0.25) is 9.69 Å². The Morgan fingerprint density at radius 2 is 1.73 bits per heavy atom. The third-order valence-electron chi connectivity index (χ3n) is 8.79. The average Bonchev–Trinajstić information content (AvgIpc) is 3.40. The van der Waals surface area contributed by atoms with E-state index in [1.54, 1.807) is 26.2 Å². The predicted molar refractivity (Wildman–Crippen MR) is 160 cm³/mol. The molecule has 2 saturated heterocycles. The number of carbonyl (C=O) groups excluding carboxylic acids is 1. The number of rotatable bonds is 11. The molecule has 1 aromatic heterocycles. The number of carbonyl (C=O) groups is 1. The van der Waals surface area contributed by atoms with Crippen molar-refractivity contribution in [3.63, 3.8) is 0 Å². The van der Waals surface area contributed by atoms with Gasteiger partial charge in [-0.25, -0.2) is 4.39 Å². The minimum absolute atomic E-state index is 0.173. The Bertz CT molecular complexity index is 1250. The van der Waals surface area contributed by atoms with Crippen LogP contribution in [-0.2, 0) is 4.79 Å². The van der Waals surface area contributed by atoms with E-state index in [1.807, 2.05) is 23.1 Å². The van der Waals surface area contributed by atoms with Crippen molar-refractivity contribution in [1.29, 1.82) is 0 Å². The maximum Gasteiger partial charge on any atom is 0.219 e. The lowest BCUT2D eigenvalue weighted by Gasteiger charge is -2.37. The molecular formula is C32H44FN5O2. The van der Waals surface area contributed by atoms with E-state index in [1.165, 1.54) is 5.56 Å². The second-order valence-corrected chi connectivity index (χ2v) is 11.3. The summed E-state index contributed by atoms with van der Waals surface area (Å²) in [5.74, 6) is 1.43. The highest BCUT2D eigenvalue weighted by Crippen LogP contribution is 2.33. The topological polar surface area (TPSA) is 55.1 Å². The first-order valence-corrected chi connectivity index (χ1v) is 14.9. The number of piperazine rings is 1. The van der Waals surface area contributed by atoms with Crippen LogP contribution < -0.4 is 9.64 Å². The smallest absolute Gasteiger partial charge is 0.219 e. The van der Waals surface area contributed by atoms with Gasteiger partial charge in [0.1, 0.15) is 11.6 Å². The summed E-state index contributed by atoms with van der Waals surface area (Å²) in [5, 5.41) is 1.16. The van der Waals surface area contributed by atoms with Crippen LogP contribution in [0.3, 0.4) is 0 Å². The zero-order chi connectivity index (χ0) is 27.9. The molecule has 0 saturated carbocycles. The van der Waals surface area contributed by atoms with Crippen molar-refractivity contribution in [3.05, 3.63) is 60.0 Å². The molecule has 8 heteroatoms. The highest BCUT2D eigenvalue weighted by Gasteiger charge is 2.23. The number of aromatic amines is 1. The van der Waals surface area contributed by atoms with E-state index < -0.39 is 0 Å². The molecule has 2 fully saturated rings. The number of H-pyrrole nitrogens is 1. The fourth-order valence-electron chi connectivity index (χ4n) is 6.36. The van der Waals surface area contributed by atoms with Gasteiger partial charge in [0.05, 0.1) is 12.8 Å². The molecule has 216 valence electrons. The number of benzene rings is 2. The molecular weight excluding hydrogens is 505 g/mol. The summed E-state index contributed by atoms with van der Waals surface area (Å²) in [7, 11) is 1.73. The van der Waals surface area contributed by atoms with Crippen molar-refractivity contribution < 1.29 is 13.9 Å². The van der Waals surface area contributed by atoms with Gasteiger partial charge in [0.15, 0.2) is 0 Å². The third kappa shape index (κ3) is 6.96. The SMILES string of the molecule is COc1ccccc1N1CCN(CCN(CCCCN2CCC(c3c[nH]c4cc(F)ccc34)CC2)C(C)=O)CC1. The number of anilines is 1. The summed E-state index contributed by atoms with van der Waals surface area (Å²) in [6.07, 6.45) is 6.48. The molecule has 2 aliphatic rings. The number of piperidine rings is 1. The monoisotopic (exact) mass is 549 g/mol. The van der Waals surface area contributed by atoms with Gasteiger partial charge in [-0.15, -0.1) is 0 Å². The number of para-hydroxylation sites is 2. The first kappa shape index (κ1) is 28.4. The van der Waals surface area contributed by atoms with Crippen LogP contribution in [0.25, 0.3) is 10.9 Å². The van der Waals surface area contributed by atoms with E-state index in [4.69, 9.17) is 4.74 Å². The Kier molecular flexibility index (Phi) is 9.60. The molecule has 3 aromatic rings. The van der Waals surface area contributed by atoms with Crippen LogP contribution in [-0.4, -0.2) is 98.1 Å². The van der Waals surface area contributed by atoms with Gasteiger partial charge in [0.2, 0.25) is 5.91 Å². The number of nitrogens with one attached hydrogen (secondary N) is 1. The fourth-order valence-corrected chi connectivity index (χ4v) is 6.36. The van der Waals surface area contributed by atoms with Crippen LogP contribution in [0.4, 0.5) is 10.1 Å². The van der Waals surface area contributed by atoms with Gasteiger partial charge in [-0.2, -0.15) is 0 Å². The number of fused-ring (bicyclic) bond motifs is 1. The van der Waals surface area contributed by atoms with Crippen LogP contribution >= 0.6 is 0 Å². The van der Waals surface area contributed by atoms with Crippen LogP contribution in [0.1, 0.15) is 44.1 Å². The molecule has 0 atom stereocenters.